The first kappa shape index (κ1) is 12.9. The Morgan fingerprint density at radius 1 is 1.19 bits per heavy atom. The third-order valence-electron chi connectivity index (χ3n) is 3.01. The predicted octanol–water partition coefficient (Wildman–Crippen LogP) is 3.45. The van der Waals surface area contributed by atoms with Crippen molar-refractivity contribution >= 4 is 5.82 Å². The summed E-state index contributed by atoms with van der Waals surface area (Å²) >= 11 is 0. The van der Waals surface area contributed by atoms with Crippen molar-refractivity contribution in [2.75, 3.05) is 11.9 Å². The zero-order valence-electron chi connectivity index (χ0n) is 10.8. The second-order valence-corrected chi connectivity index (χ2v) is 4.55. The van der Waals surface area contributed by atoms with Crippen molar-refractivity contribution in [3.8, 4) is 0 Å². The van der Waals surface area contributed by atoms with Gasteiger partial charge in [0.1, 0.15) is 12.1 Å². The van der Waals surface area contributed by atoms with Crippen LogP contribution < -0.4 is 5.32 Å². The molecule has 0 amide bonds. The molecule has 1 N–H and O–H groups in total. The monoisotopic (exact) mass is 221 g/mol. The number of nitrogens with one attached hydrogen (secondary N) is 1. The van der Waals surface area contributed by atoms with Crippen LogP contribution in [0.2, 0.25) is 0 Å². The minimum atomic E-state index is 0.455. The minimum absolute atomic E-state index is 0.455. The Hall–Kier alpha value is -1.12. The van der Waals surface area contributed by atoms with Crippen LogP contribution in [0.25, 0.3) is 0 Å². The highest BCUT2D eigenvalue weighted by Crippen LogP contribution is 2.14. The highest BCUT2D eigenvalue weighted by Gasteiger charge is 2.05. The summed E-state index contributed by atoms with van der Waals surface area (Å²) < 4.78 is 0. The van der Waals surface area contributed by atoms with E-state index in [1.165, 1.54) is 12.8 Å². The highest BCUT2D eigenvalue weighted by molar-refractivity contribution is 5.35. The van der Waals surface area contributed by atoms with Crippen molar-refractivity contribution < 1.29 is 0 Å². The molecule has 0 fully saturated rings. The van der Waals surface area contributed by atoms with E-state index in [9.17, 15) is 0 Å². The van der Waals surface area contributed by atoms with Crippen LogP contribution in [0.1, 0.15) is 52.1 Å². The molecule has 0 spiro atoms. The Morgan fingerprint density at radius 2 is 1.88 bits per heavy atom. The summed E-state index contributed by atoms with van der Waals surface area (Å²) in [5.74, 6) is 2.14. The normalized spacial score (nSPS) is 11.1. The number of aromatic nitrogens is 2. The van der Waals surface area contributed by atoms with Gasteiger partial charge >= 0.3 is 0 Å². The molecule has 3 nitrogen and oxygen atoms in total. The molecule has 1 heterocycles. The fraction of sp³-hybridized carbons (Fsp3) is 0.692. The number of rotatable bonds is 6. The molecular formula is C13H23N3. The van der Waals surface area contributed by atoms with Gasteiger partial charge in [-0.2, -0.15) is 0 Å². The molecule has 0 aliphatic carbocycles. The summed E-state index contributed by atoms with van der Waals surface area (Å²) in [6.45, 7) is 9.76. The first-order chi connectivity index (χ1) is 7.67. The van der Waals surface area contributed by atoms with E-state index >= 15 is 0 Å². The Labute approximate surface area is 98.7 Å². The lowest BCUT2D eigenvalue weighted by atomic mass is 10.0. The lowest BCUT2D eigenvalue weighted by molar-refractivity contribution is 0.518. The molecule has 1 aromatic heterocycles. The number of nitrogens with zero attached hydrogens (tertiary/aromatic N) is 2. The highest BCUT2D eigenvalue weighted by atomic mass is 15.0. The van der Waals surface area contributed by atoms with Crippen LogP contribution in [0.15, 0.2) is 12.4 Å². The lowest BCUT2D eigenvalue weighted by Gasteiger charge is -2.14. The standard InChI is InChI=1S/C13H23N3/c1-5-11(6-2)8-14-13-7-12(10(3)4)15-9-16-13/h7,9-11H,5-6,8H2,1-4H3,(H,14,15,16). The molecule has 0 radical (unpaired) electrons. The van der Waals surface area contributed by atoms with E-state index in [-0.39, 0.29) is 0 Å². The lowest BCUT2D eigenvalue weighted by Crippen LogP contribution is -2.13. The molecule has 1 aromatic rings. The van der Waals surface area contributed by atoms with E-state index in [0.29, 0.717) is 5.92 Å². The number of hydrogen-bond acceptors (Lipinski definition) is 3. The fourth-order valence-corrected chi connectivity index (χ4v) is 1.61. The quantitative estimate of drug-likeness (QED) is 0.799. The molecule has 0 bridgehead atoms. The van der Waals surface area contributed by atoms with Crippen molar-refractivity contribution in [2.45, 2.75) is 46.5 Å². The van der Waals surface area contributed by atoms with Crippen LogP contribution in [0.3, 0.4) is 0 Å². The Bertz CT molecular complexity index is 306. The van der Waals surface area contributed by atoms with Crippen molar-refractivity contribution in [1.29, 1.82) is 0 Å². The van der Waals surface area contributed by atoms with E-state index in [2.05, 4.69) is 43.0 Å². The molecule has 0 unspecified atom stereocenters. The van der Waals surface area contributed by atoms with Gasteiger partial charge in [0, 0.05) is 18.3 Å². The van der Waals surface area contributed by atoms with Crippen molar-refractivity contribution in [3.63, 3.8) is 0 Å². The van der Waals surface area contributed by atoms with E-state index in [4.69, 9.17) is 0 Å². The largest absolute Gasteiger partial charge is 0.370 e. The molecule has 0 saturated carbocycles. The van der Waals surface area contributed by atoms with E-state index in [1.807, 2.05) is 6.07 Å². The molecule has 90 valence electrons. The van der Waals surface area contributed by atoms with Crippen LogP contribution in [0, 0.1) is 5.92 Å². The topological polar surface area (TPSA) is 37.8 Å². The van der Waals surface area contributed by atoms with Crippen molar-refractivity contribution in [1.82, 2.24) is 9.97 Å². The van der Waals surface area contributed by atoms with Gasteiger partial charge in [0.05, 0.1) is 0 Å². The third-order valence-corrected chi connectivity index (χ3v) is 3.01. The Kier molecular flexibility index (Phi) is 5.23. The van der Waals surface area contributed by atoms with Crippen LogP contribution >= 0.6 is 0 Å². The van der Waals surface area contributed by atoms with Gasteiger partial charge in [-0.25, -0.2) is 9.97 Å². The van der Waals surface area contributed by atoms with Crippen LogP contribution in [-0.4, -0.2) is 16.5 Å². The minimum Gasteiger partial charge on any atom is -0.370 e. The Balaban J connectivity index is 2.56. The molecule has 3 heteroatoms. The van der Waals surface area contributed by atoms with Gasteiger partial charge in [-0.05, 0) is 11.8 Å². The van der Waals surface area contributed by atoms with Crippen molar-refractivity contribution in [3.05, 3.63) is 18.1 Å². The first-order valence-electron chi connectivity index (χ1n) is 6.23. The maximum Gasteiger partial charge on any atom is 0.129 e. The van der Waals surface area contributed by atoms with Gasteiger partial charge in [0.15, 0.2) is 0 Å². The predicted molar refractivity (Wildman–Crippen MR) is 68.7 cm³/mol. The average Bonchev–Trinajstić information content (AvgIpc) is 2.31. The van der Waals surface area contributed by atoms with Gasteiger partial charge < -0.3 is 5.32 Å². The molecule has 0 aliphatic heterocycles. The molecule has 0 atom stereocenters. The van der Waals surface area contributed by atoms with Gasteiger partial charge in [-0.1, -0.05) is 40.5 Å². The van der Waals surface area contributed by atoms with Gasteiger partial charge in [0.2, 0.25) is 0 Å². The molecule has 16 heavy (non-hydrogen) atoms. The van der Waals surface area contributed by atoms with Crippen LogP contribution in [0.4, 0.5) is 5.82 Å². The van der Waals surface area contributed by atoms with E-state index < -0.39 is 0 Å². The molecule has 0 aromatic carbocycles. The first-order valence-corrected chi connectivity index (χ1v) is 6.23. The van der Waals surface area contributed by atoms with Gasteiger partial charge in [0.25, 0.3) is 0 Å². The summed E-state index contributed by atoms with van der Waals surface area (Å²) in [5, 5.41) is 3.39. The zero-order valence-corrected chi connectivity index (χ0v) is 10.8. The maximum absolute atomic E-state index is 4.26. The second-order valence-electron chi connectivity index (χ2n) is 4.55. The van der Waals surface area contributed by atoms with Crippen LogP contribution in [0.5, 0.6) is 0 Å². The number of anilines is 1. The zero-order chi connectivity index (χ0) is 12.0. The van der Waals surface area contributed by atoms with Gasteiger partial charge in [-0.15, -0.1) is 0 Å². The third kappa shape index (κ3) is 3.80. The fourth-order valence-electron chi connectivity index (χ4n) is 1.61. The molecule has 1 rings (SSSR count). The summed E-state index contributed by atoms with van der Waals surface area (Å²) in [7, 11) is 0. The maximum atomic E-state index is 4.26. The second kappa shape index (κ2) is 6.46. The molecule has 0 aliphatic rings. The van der Waals surface area contributed by atoms with Gasteiger partial charge in [-0.3, -0.25) is 0 Å². The summed E-state index contributed by atoms with van der Waals surface area (Å²) in [6, 6.07) is 2.05. The van der Waals surface area contributed by atoms with Crippen molar-refractivity contribution in [2.24, 2.45) is 5.92 Å². The number of hydrogen-bond donors (Lipinski definition) is 1. The average molecular weight is 221 g/mol. The molecule has 0 saturated heterocycles. The summed E-state index contributed by atoms with van der Waals surface area (Å²) in [5.41, 5.74) is 1.10. The Morgan fingerprint density at radius 3 is 2.44 bits per heavy atom. The van der Waals surface area contributed by atoms with E-state index in [0.717, 1.165) is 24.0 Å². The smallest absolute Gasteiger partial charge is 0.129 e. The SMILES string of the molecule is CCC(CC)CNc1cc(C(C)C)ncn1. The summed E-state index contributed by atoms with van der Waals surface area (Å²) in [6.07, 6.45) is 4.07. The van der Waals surface area contributed by atoms with Crippen LogP contribution in [-0.2, 0) is 0 Å². The summed E-state index contributed by atoms with van der Waals surface area (Å²) in [4.78, 5) is 8.50. The van der Waals surface area contributed by atoms with E-state index in [1.54, 1.807) is 6.33 Å². The molecular weight excluding hydrogens is 198 g/mol.